The normalized spacial score (nSPS) is 12.2. The molecule has 4 nitrogen and oxygen atoms in total. The van der Waals surface area contributed by atoms with Gasteiger partial charge < -0.3 is 15.5 Å². The molecule has 0 aliphatic carbocycles. The van der Waals surface area contributed by atoms with E-state index in [1.54, 1.807) is 18.2 Å². The van der Waals surface area contributed by atoms with Crippen LogP contribution in [0.2, 0.25) is 5.02 Å². The van der Waals surface area contributed by atoms with Gasteiger partial charge in [0.1, 0.15) is 0 Å². The molecule has 0 spiro atoms. The molecule has 0 fully saturated rings. The van der Waals surface area contributed by atoms with Crippen LogP contribution in [0.25, 0.3) is 0 Å². The topological polar surface area (TPSA) is 69.6 Å². The van der Waals surface area contributed by atoms with Crippen molar-refractivity contribution in [2.24, 2.45) is 0 Å². The monoisotopic (exact) mass is 293 g/mol. The molecule has 0 saturated heterocycles. The van der Waals surface area contributed by atoms with E-state index in [9.17, 15) is 4.79 Å². The van der Waals surface area contributed by atoms with Crippen LogP contribution in [0.3, 0.4) is 0 Å². The molecular weight excluding hydrogens is 285 g/mol. The second-order valence-corrected chi connectivity index (χ2v) is 4.13. The van der Waals surface area contributed by atoms with Crippen LogP contribution in [0.1, 0.15) is 0 Å². The van der Waals surface area contributed by atoms with Gasteiger partial charge in [-0.25, -0.2) is 4.79 Å². The Morgan fingerprint density at radius 1 is 1.60 bits per heavy atom. The summed E-state index contributed by atoms with van der Waals surface area (Å²) in [5.41, 5.74) is 0.656. The van der Waals surface area contributed by atoms with Crippen molar-refractivity contribution in [3.63, 3.8) is 0 Å². The average molecular weight is 295 g/mol. The van der Waals surface area contributed by atoms with Crippen LogP contribution in [0.15, 0.2) is 22.7 Å². The number of aliphatic hydroxyl groups excluding tert-OH is 1. The van der Waals surface area contributed by atoms with Gasteiger partial charge in [0.2, 0.25) is 0 Å². The Hall–Kier alpha value is -0.780. The van der Waals surface area contributed by atoms with Crippen molar-refractivity contribution >= 4 is 39.2 Å². The smallest absolute Gasteiger partial charge is 0.334 e. The lowest BCUT2D eigenvalue weighted by Crippen LogP contribution is -2.28. The Kier molecular flexibility index (Phi) is 4.38. The molecule has 15 heavy (non-hydrogen) atoms. The predicted octanol–water partition coefficient (Wildman–Crippen LogP) is 1.96. The fraction of sp³-hybridized carbons (Fsp3) is 0.222. The number of carbonyl (C=O) groups is 1. The molecule has 0 aliphatic heterocycles. The first-order valence-corrected chi connectivity index (χ1v) is 5.27. The molecule has 6 heteroatoms. The van der Waals surface area contributed by atoms with Crippen molar-refractivity contribution in [3.8, 4) is 0 Å². The van der Waals surface area contributed by atoms with Gasteiger partial charge in [-0.2, -0.15) is 0 Å². The highest BCUT2D eigenvalue weighted by atomic mass is 79.9. The Morgan fingerprint density at radius 2 is 2.27 bits per heavy atom. The minimum Gasteiger partial charge on any atom is -0.479 e. The second-order valence-electron chi connectivity index (χ2n) is 2.86. The zero-order valence-corrected chi connectivity index (χ0v) is 9.92. The van der Waals surface area contributed by atoms with Crippen molar-refractivity contribution in [2.75, 3.05) is 11.9 Å². The number of carboxylic acids is 1. The van der Waals surface area contributed by atoms with Gasteiger partial charge in [0.15, 0.2) is 6.10 Å². The first kappa shape index (κ1) is 12.3. The highest BCUT2D eigenvalue weighted by Gasteiger charge is 2.12. The lowest BCUT2D eigenvalue weighted by atomic mass is 10.3. The number of hydrogen-bond acceptors (Lipinski definition) is 3. The highest BCUT2D eigenvalue weighted by molar-refractivity contribution is 9.10. The largest absolute Gasteiger partial charge is 0.479 e. The zero-order chi connectivity index (χ0) is 11.4. The fourth-order valence-corrected chi connectivity index (χ4v) is 1.34. The van der Waals surface area contributed by atoms with Crippen LogP contribution < -0.4 is 5.32 Å². The van der Waals surface area contributed by atoms with E-state index in [4.69, 9.17) is 21.8 Å². The lowest BCUT2D eigenvalue weighted by molar-refractivity contribution is -0.145. The molecule has 3 N–H and O–H groups in total. The third-order valence-corrected chi connectivity index (χ3v) is 2.94. The van der Waals surface area contributed by atoms with E-state index in [1.165, 1.54) is 0 Å². The second kappa shape index (κ2) is 5.34. The van der Waals surface area contributed by atoms with E-state index >= 15 is 0 Å². The van der Waals surface area contributed by atoms with Gasteiger partial charge in [0.05, 0.1) is 11.6 Å². The standard InChI is InChI=1S/C9H9BrClNO3/c10-6-2-1-5(3-7(6)11)12-4-8(13)9(14)15/h1-3,8,12-13H,4H2,(H,14,15). The minimum atomic E-state index is -1.42. The summed E-state index contributed by atoms with van der Waals surface area (Å²) in [5.74, 6) is -1.26. The molecular formula is C9H9BrClNO3. The third-order valence-electron chi connectivity index (χ3n) is 1.70. The molecule has 0 heterocycles. The number of carboxylic acid groups (broad SMARTS) is 1. The van der Waals surface area contributed by atoms with Crippen LogP contribution in [0, 0.1) is 0 Å². The SMILES string of the molecule is O=C(O)C(O)CNc1ccc(Br)c(Cl)c1. The summed E-state index contributed by atoms with van der Waals surface area (Å²) < 4.78 is 0.758. The Balaban J connectivity index is 2.58. The highest BCUT2D eigenvalue weighted by Crippen LogP contribution is 2.25. The summed E-state index contributed by atoms with van der Waals surface area (Å²) in [7, 11) is 0. The van der Waals surface area contributed by atoms with Gasteiger partial charge in [-0.1, -0.05) is 11.6 Å². The number of hydrogen-bond donors (Lipinski definition) is 3. The predicted molar refractivity (Wildman–Crippen MR) is 61.3 cm³/mol. The molecule has 0 radical (unpaired) electrons. The summed E-state index contributed by atoms with van der Waals surface area (Å²) in [6, 6.07) is 5.10. The molecule has 0 amide bonds. The number of anilines is 1. The van der Waals surface area contributed by atoms with Gasteiger partial charge >= 0.3 is 5.97 Å². The van der Waals surface area contributed by atoms with Crippen LogP contribution >= 0.6 is 27.5 Å². The number of aliphatic hydroxyl groups is 1. The zero-order valence-electron chi connectivity index (χ0n) is 7.58. The maximum Gasteiger partial charge on any atom is 0.334 e. The quantitative estimate of drug-likeness (QED) is 0.794. The van der Waals surface area contributed by atoms with Crippen LogP contribution in [-0.2, 0) is 4.79 Å². The van der Waals surface area contributed by atoms with E-state index in [1.807, 2.05) is 0 Å². The van der Waals surface area contributed by atoms with E-state index in [0.29, 0.717) is 10.7 Å². The minimum absolute atomic E-state index is 0.0622. The van der Waals surface area contributed by atoms with Crippen molar-refractivity contribution in [2.45, 2.75) is 6.10 Å². The Bertz CT molecular complexity index is 372. The van der Waals surface area contributed by atoms with Gasteiger partial charge in [0, 0.05) is 10.2 Å². The number of nitrogens with one attached hydrogen (secondary N) is 1. The van der Waals surface area contributed by atoms with E-state index < -0.39 is 12.1 Å². The van der Waals surface area contributed by atoms with Gasteiger partial charge in [-0.15, -0.1) is 0 Å². The maximum atomic E-state index is 10.3. The first-order chi connectivity index (χ1) is 7.00. The fourth-order valence-electron chi connectivity index (χ4n) is 0.908. The van der Waals surface area contributed by atoms with Crippen LogP contribution in [0.5, 0.6) is 0 Å². The number of aliphatic carboxylic acids is 1. The van der Waals surface area contributed by atoms with E-state index in [-0.39, 0.29) is 6.54 Å². The molecule has 1 unspecified atom stereocenters. The number of benzene rings is 1. The molecule has 1 aromatic rings. The van der Waals surface area contributed by atoms with Crippen LogP contribution in [-0.4, -0.2) is 28.8 Å². The third kappa shape index (κ3) is 3.70. The van der Waals surface area contributed by atoms with E-state index in [0.717, 1.165) is 4.47 Å². The van der Waals surface area contributed by atoms with Gasteiger partial charge in [-0.05, 0) is 34.1 Å². The number of rotatable bonds is 4. The van der Waals surface area contributed by atoms with Gasteiger partial charge in [0.25, 0.3) is 0 Å². The summed E-state index contributed by atoms with van der Waals surface area (Å²) in [5, 5.41) is 20.7. The Labute approximate surface area is 100.0 Å². The molecule has 1 rings (SSSR count). The van der Waals surface area contributed by atoms with Crippen molar-refractivity contribution in [3.05, 3.63) is 27.7 Å². The lowest BCUT2D eigenvalue weighted by Gasteiger charge is -2.09. The summed E-state index contributed by atoms with van der Waals surface area (Å²) in [6.07, 6.45) is -1.42. The number of halogens is 2. The summed E-state index contributed by atoms with van der Waals surface area (Å²) in [6.45, 7) is -0.0622. The van der Waals surface area contributed by atoms with Crippen LogP contribution in [0.4, 0.5) is 5.69 Å². The maximum absolute atomic E-state index is 10.3. The van der Waals surface area contributed by atoms with Crippen molar-refractivity contribution in [1.29, 1.82) is 0 Å². The Morgan fingerprint density at radius 3 is 2.80 bits per heavy atom. The molecule has 0 saturated carbocycles. The molecule has 1 atom stereocenters. The van der Waals surface area contributed by atoms with Crippen molar-refractivity contribution < 1.29 is 15.0 Å². The summed E-state index contributed by atoms with van der Waals surface area (Å²) in [4.78, 5) is 10.3. The summed E-state index contributed by atoms with van der Waals surface area (Å²) >= 11 is 9.06. The molecule has 82 valence electrons. The van der Waals surface area contributed by atoms with E-state index in [2.05, 4.69) is 21.2 Å². The van der Waals surface area contributed by atoms with Gasteiger partial charge in [-0.3, -0.25) is 0 Å². The molecule has 0 aliphatic rings. The van der Waals surface area contributed by atoms with Crippen molar-refractivity contribution in [1.82, 2.24) is 0 Å². The molecule has 0 bridgehead atoms. The first-order valence-electron chi connectivity index (χ1n) is 4.10. The molecule has 1 aromatic carbocycles. The molecule has 0 aromatic heterocycles. The average Bonchev–Trinajstić information content (AvgIpc) is 2.19.